The normalized spacial score (nSPS) is 22.8. The average Bonchev–Trinajstić information content (AvgIpc) is 2.76. The Morgan fingerprint density at radius 3 is 2.11 bits per heavy atom. The molecule has 1 atom stereocenters. The Kier molecular flexibility index (Phi) is 5.87. The van der Waals surface area contributed by atoms with Crippen molar-refractivity contribution in [3.8, 4) is 0 Å². The zero-order valence-corrected chi connectivity index (χ0v) is 17.0. The molecule has 0 N–H and O–H groups in total. The predicted molar refractivity (Wildman–Crippen MR) is 117 cm³/mol. The maximum absolute atomic E-state index is 5.97. The third-order valence-corrected chi connectivity index (χ3v) is 8.47. The quantitative estimate of drug-likeness (QED) is 0.729. The zero-order chi connectivity index (χ0) is 18.5. The first kappa shape index (κ1) is 18.2. The van der Waals surface area contributed by atoms with E-state index in [0.29, 0.717) is 13.2 Å². The molecule has 1 unspecified atom stereocenters. The van der Waals surface area contributed by atoms with Crippen molar-refractivity contribution < 1.29 is 9.47 Å². The second-order valence-electron chi connectivity index (χ2n) is 7.00. The first-order valence-corrected chi connectivity index (χ1v) is 11.6. The molecule has 1 saturated heterocycles. The van der Waals surface area contributed by atoms with E-state index < -0.39 is 7.92 Å². The van der Waals surface area contributed by atoms with Crippen LogP contribution in [0.25, 0.3) is 0 Å². The minimum absolute atomic E-state index is 0.102. The predicted octanol–water partition coefficient (Wildman–Crippen LogP) is 4.51. The molecule has 140 valence electrons. The molecule has 2 aliphatic rings. The van der Waals surface area contributed by atoms with Gasteiger partial charge in [-0.15, -0.1) is 0 Å². The van der Waals surface area contributed by atoms with Crippen LogP contribution in [0.2, 0.25) is 0 Å². The Labute approximate surface area is 163 Å². The van der Waals surface area contributed by atoms with Crippen molar-refractivity contribution in [2.75, 3.05) is 13.2 Å². The second kappa shape index (κ2) is 8.69. The molecule has 4 rings (SSSR count). The van der Waals surface area contributed by atoms with E-state index in [1.165, 1.54) is 21.5 Å². The van der Waals surface area contributed by atoms with Gasteiger partial charge in [0.1, 0.15) is 0 Å². The van der Waals surface area contributed by atoms with Crippen LogP contribution in [0.4, 0.5) is 0 Å². The Hall–Kier alpha value is -2.15. The summed E-state index contributed by atoms with van der Waals surface area (Å²) in [4.78, 5) is 0. The van der Waals surface area contributed by atoms with Gasteiger partial charge < -0.3 is 0 Å². The van der Waals surface area contributed by atoms with E-state index in [1.54, 1.807) is 0 Å². The molecular formula is C24H27O2P. The van der Waals surface area contributed by atoms with Gasteiger partial charge in [0.05, 0.1) is 0 Å². The summed E-state index contributed by atoms with van der Waals surface area (Å²) in [6.45, 7) is 3.50. The number of benzene rings is 2. The summed E-state index contributed by atoms with van der Waals surface area (Å²) >= 11 is 0. The number of rotatable bonds is 4. The van der Waals surface area contributed by atoms with Gasteiger partial charge in [-0.1, -0.05) is 0 Å². The second-order valence-corrected chi connectivity index (χ2v) is 9.87. The van der Waals surface area contributed by atoms with E-state index in [9.17, 15) is 0 Å². The molecule has 0 aromatic heterocycles. The van der Waals surface area contributed by atoms with E-state index in [0.717, 1.165) is 18.6 Å². The molecule has 3 heteroatoms. The number of hydrogen-bond donors (Lipinski definition) is 0. The van der Waals surface area contributed by atoms with E-state index in [1.807, 2.05) is 0 Å². The van der Waals surface area contributed by atoms with Gasteiger partial charge in [-0.25, -0.2) is 0 Å². The van der Waals surface area contributed by atoms with Crippen LogP contribution in [0.1, 0.15) is 19.8 Å². The van der Waals surface area contributed by atoms with Crippen LogP contribution in [0.5, 0.6) is 0 Å². The molecule has 1 heterocycles. The van der Waals surface area contributed by atoms with Crippen LogP contribution < -0.4 is 10.6 Å². The summed E-state index contributed by atoms with van der Waals surface area (Å²) in [6.07, 6.45) is 8.95. The van der Waals surface area contributed by atoms with E-state index in [4.69, 9.17) is 9.47 Å². The van der Waals surface area contributed by atoms with Crippen molar-refractivity contribution in [2.45, 2.75) is 25.9 Å². The SMILES string of the molecule is CCC1OCCOC1=C1C=CC([PH2](c2ccccc2)c2ccccc2)=CC1. The molecule has 2 nitrogen and oxygen atoms in total. The third kappa shape index (κ3) is 4.08. The van der Waals surface area contributed by atoms with Crippen molar-refractivity contribution in [3.63, 3.8) is 0 Å². The van der Waals surface area contributed by atoms with Gasteiger partial charge >= 0.3 is 163 Å². The van der Waals surface area contributed by atoms with Gasteiger partial charge in [-0.3, -0.25) is 0 Å². The molecule has 27 heavy (non-hydrogen) atoms. The molecule has 1 aliphatic heterocycles. The molecule has 2 aromatic rings. The fourth-order valence-corrected chi connectivity index (χ4v) is 6.95. The van der Waals surface area contributed by atoms with Gasteiger partial charge in [-0.2, -0.15) is 0 Å². The van der Waals surface area contributed by atoms with Gasteiger partial charge in [0, 0.05) is 0 Å². The van der Waals surface area contributed by atoms with E-state index in [2.05, 4.69) is 85.8 Å². The van der Waals surface area contributed by atoms with Crippen molar-refractivity contribution >= 4 is 18.5 Å². The summed E-state index contributed by atoms with van der Waals surface area (Å²) in [7, 11) is -1.44. The number of hydrogen-bond acceptors (Lipinski definition) is 2. The number of ether oxygens (including phenoxy) is 2. The maximum atomic E-state index is 5.97. The topological polar surface area (TPSA) is 18.5 Å². The Balaban J connectivity index is 1.65. The first-order valence-electron chi connectivity index (χ1n) is 9.82. The van der Waals surface area contributed by atoms with Gasteiger partial charge in [0.25, 0.3) is 0 Å². The third-order valence-electron chi connectivity index (χ3n) is 5.27. The molecular weight excluding hydrogens is 351 g/mol. The molecule has 0 spiro atoms. The summed E-state index contributed by atoms with van der Waals surface area (Å²) in [6, 6.07) is 21.9. The van der Waals surface area contributed by atoms with Crippen molar-refractivity contribution in [3.05, 3.63) is 95.5 Å². The van der Waals surface area contributed by atoms with Gasteiger partial charge in [0.2, 0.25) is 0 Å². The Morgan fingerprint density at radius 1 is 0.889 bits per heavy atom. The first-order chi connectivity index (χ1) is 13.4. The van der Waals surface area contributed by atoms with Crippen LogP contribution in [0, 0.1) is 0 Å². The Morgan fingerprint density at radius 2 is 1.56 bits per heavy atom. The molecule has 0 saturated carbocycles. The summed E-state index contributed by atoms with van der Waals surface area (Å²) in [5.41, 5.74) is 1.26. The van der Waals surface area contributed by atoms with Crippen molar-refractivity contribution in [1.82, 2.24) is 0 Å². The van der Waals surface area contributed by atoms with Gasteiger partial charge in [0.15, 0.2) is 0 Å². The molecule has 0 bridgehead atoms. The fraction of sp³-hybridized carbons (Fsp3) is 0.250. The summed E-state index contributed by atoms with van der Waals surface area (Å²) < 4.78 is 11.8. The van der Waals surface area contributed by atoms with Gasteiger partial charge in [-0.05, 0) is 0 Å². The van der Waals surface area contributed by atoms with Crippen LogP contribution in [0.15, 0.2) is 95.5 Å². The van der Waals surface area contributed by atoms with Crippen molar-refractivity contribution in [1.29, 1.82) is 0 Å². The minimum atomic E-state index is -1.44. The molecule has 0 amide bonds. The Bertz CT molecular complexity index is 813. The molecule has 1 fully saturated rings. The average molecular weight is 378 g/mol. The van der Waals surface area contributed by atoms with Crippen LogP contribution in [-0.4, -0.2) is 19.3 Å². The zero-order valence-electron chi connectivity index (χ0n) is 15.8. The van der Waals surface area contributed by atoms with Crippen molar-refractivity contribution in [2.24, 2.45) is 0 Å². The monoisotopic (exact) mass is 378 g/mol. The molecule has 0 radical (unpaired) electrons. The van der Waals surface area contributed by atoms with Crippen LogP contribution >= 0.6 is 7.92 Å². The summed E-state index contributed by atoms with van der Waals surface area (Å²) in [5.74, 6) is 1.04. The summed E-state index contributed by atoms with van der Waals surface area (Å²) in [5, 5.41) is 4.39. The number of allylic oxidation sites excluding steroid dienone is 5. The molecule has 1 aliphatic carbocycles. The van der Waals surface area contributed by atoms with Crippen LogP contribution in [0.3, 0.4) is 0 Å². The van der Waals surface area contributed by atoms with E-state index >= 15 is 0 Å². The van der Waals surface area contributed by atoms with E-state index in [-0.39, 0.29) is 6.10 Å². The molecule has 2 aromatic carbocycles. The fourth-order valence-electron chi connectivity index (χ4n) is 3.94. The van der Waals surface area contributed by atoms with Crippen LogP contribution in [-0.2, 0) is 9.47 Å². The standard InChI is InChI=1S/C24H27O2P/c1-2-23-24(26-18-17-25-23)19-13-15-22(16-14-19)27(20-9-5-3-6-10-20)21-11-7-4-8-12-21/h3-13,15-16,23H,2,14,17-18,27H2,1H3.